The third-order valence-corrected chi connectivity index (χ3v) is 9.06. The zero-order valence-corrected chi connectivity index (χ0v) is 32.6. The van der Waals surface area contributed by atoms with Crippen LogP contribution in [0, 0.1) is 0 Å². The molecule has 296 valence electrons. The first-order valence-electron chi connectivity index (χ1n) is 19.5. The Kier molecular flexibility index (Phi) is 33.2. The molecule has 0 saturated heterocycles. The highest BCUT2D eigenvalue weighted by Crippen LogP contribution is 2.43. The van der Waals surface area contributed by atoms with Gasteiger partial charge >= 0.3 is 25.7 Å². The lowest BCUT2D eigenvalue weighted by molar-refractivity contribution is -0.161. The zero-order chi connectivity index (χ0) is 37.8. The first-order valence-corrected chi connectivity index (χ1v) is 21.0. The van der Waals surface area contributed by atoms with Crippen LogP contribution in [0.3, 0.4) is 0 Å². The molecule has 0 aromatic rings. The number of aliphatic carboxylic acids is 1. The summed E-state index contributed by atoms with van der Waals surface area (Å²) in [5.74, 6) is -2.41. The van der Waals surface area contributed by atoms with Crippen LogP contribution in [0.4, 0.5) is 0 Å². The highest BCUT2D eigenvalue weighted by atomic mass is 31.2. The monoisotopic (exact) mass is 743 g/mol. The molecule has 1 unspecified atom stereocenters. The van der Waals surface area contributed by atoms with E-state index in [1.54, 1.807) is 0 Å². The second-order valence-electron chi connectivity index (χ2n) is 13.1. The van der Waals surface area contributed by atoms with Crippen molar-refractivity contribution >= 4 is 25.7 Å². The molecule has 0 spiro atoms. The van der Waals surface area contributed by atoms with E-state index in [2.05, 4.69) is 54.8 Å². The smallest absolute Gasteiger partial charge is 0.472 e. The SMILES string of the molecule is CCCCC/C=C/C/C=C/CCCCCCCC(=O)O[C@H](COC(=O)CCCCCCC/C=C/CCCCC)COP(=O)(O)OC[C@H](N)C(=O)O. The lowest BCUT2D eigenvalue weighted by Crippen LogP contribution is -2.34. The highest BCUT2D eigenvalue weighted by Gasteiger charge is 2.28. The van der Waals surface area contributed by atoms with E-state index < -0.39 is 51.1 Å². The molecule has 0 amide bonds. The van der Waals surface area contributed by atoms with Crippen molar-refractivity contribution in [1.29, 1.82) is 0 Å². The van der Waals surface area contributed by atoms with Crippen LogP contribution >= 0.6 is 7.82 Å². The van der Waals surface area contributed by atoms with E-state index >= 15 is 0 Å². The van der Waals surface area contributed by atoms with Crippen molar-refractivity contribution in [2.45, 2.75) is 174 Å². The van der Waals surface area contributed by atoms with Crippen LogP contribution in [-0.4, -0.2) is 59.9 Å². The van der Waals surface area contributed by atoms with E-state index in [0.717, 1.165) is 83.5 Å². The average molecular weight is 744 g/mol. The third kappa shape index (κ3) is 34.5. The fourth-order valence-corrected chi connectivity index (χ4v) is 5.75. The molecule has 0 aliphatic heterocycles. The van der Waals surface area contributed by atoms with Crippen LogP contribution in [0.2, 0.25) is 0 Å². The highest BCUT2D eigenvalue weighted by molar-refractivity contribution is 7.47. The topological polar surface area (TPSA) is 172 Å². The Balaban J connectivity index is 4.47. The molecule has 3 atom stereocenters. The first kappa shape index (κ1) is 48.7. The lowest BCUT2D eigenvalue weighted by atomic mass is 10.1. The summed E-state index contributed by atoms with van der Waals surface area (Å²) in [5.41, 5.74) is 5.31. The van der Waals surface area contributed by atoms with Gasteiger partial charge in [-0.05, 0) is 70.6 Å². The van der Waals surface area contributed by atoms with Crippen molar-refractivity contribution in [3.05, 3.63) is 36.5 Å². The van der Waals surface area contributed by atoms with Gasteiger partial charge in [0.05, 0.1) is 13.2 Å². The summed E-state index contributed by atoms with van der Waals surface area (Å²) in [6.45, 7) is 2.71. The number of hydrogen-bond donors (Lipinski definition) is 3. The fourth-order valence-electron chi connectivity index (χ4n) is 4.97. The molecule has 0 heterocycles. The molecule has 0 radical (unpaired) electrons. The van der Waals surface area contributed by atoms with Crippen LogP contribution in [0.25, 0.3) is 0 Å². The van der Waals surface area contributed by atoms with E-state index in [4.69, 9.17) is 24.8 Å². The molecule has 0 bridgehead atoms. The molecule has 0 saturated carbocycles. The zero-order valence-electron chi connectivity index (χ0n) is 31.7. The Morgan fingerprint density at radius 2 is 1.04 bits per heavy atom. The first-order chi connectivity index (χ1) is 24.6. The normalized spacial score (nSPS) is 14.3. The molecule has 0 aromatic carbocycles. The Hall–Kier alpha value is -2.30. The number of carboxylic acid groups (broad SMARTS) is 1. The minimum Gasteiger partial charge on any atom is -0.480 e. The predicted molar refractivity (Wildman–Crippen MR) is 203 cm³/mol. The molecule has 51 heavy (non-hydrogen) atoms. The number of esters is 2. The summed E-state index contributed by atoms with van der Waals surface area (Å²) in [4.78, 5) is 45.7. The van der Waals surface area contributed by atoms with Crippen molar-refractivity contribution in [2.75, 3.05) is 19.8 Å². The number of allylic oxidation sites excluding steroid dienone is 6. The van der Waals surface area contributed by atoms with Gasteiger partial charge in [-0.2, -0.15) is 0 Å². The number of unbranched alkanes of at least 4 members (excludes halogenated alkanes) is 16. The van der Waals surface area contributed by atoms with Gasteiger partial charge in [-0.3, -0.25) is 23.4 Å². The van der Waals surface area contributed by atoms with Crippen LogP contribution in [0.1, 0.15) is 162 Å². The van der Waals surface area contributed by atoms with Gasteiger partial charge < -0.3 is 25.2 Å². The molecule has 0 aliphatic carbocycles. The van der Waals surface area contributed by atoms with E-state index in [1.807, 2.05) is 0 Å². The Labute approximate surface area is 308 Å². The number of phosphoric ester groups is 1. The number of carbonyl (C=O) groups excluding carboxylic acids is 2. The van der Waals surface area contributed by atoms with E-state index in [0.29, 0.717) is 12.8 Å². The molecule has 11 nitrogen and oxygen atoms in total. The van der Waals surface area contributed by atoms with Crippen LogP contribution < -0.4 is 5.73 Å². The lowest BCUT2D eigenvalue weighted by Gasteiger charge is -2.20. The summed E-state index contributed by atoms with van der Waals surface area (Å²) >= 11 is 0. The van der Waals surface area contributed by atoms with Crippen molar-refractivity contribution in [1.82, 2.24) is 0 Å². The van der Waals surface area contributed by atoms with Crippen molar-refractivity contribution in [3.63, 3.8) is 0 Å². The second kappa shape index (κ2) is 34.8. The van der Waals surface area contributed by atoms with Gasteiger partial charge in [0, 0.05) is 12.8 Å². The summed E-state index contributed by atoms with van der Waals surface area (Å²) < 4.78 is 32.5. The molecule has 0 aromatic heterocycles. The number of carbonyl (C=O) groups is 3. The maximum absolute atomic E-state index is 12.6. The van der Waals surface area contributed by atoms with Crippen molar-refractivity contribution < 1.29 is 47.5 Å². The molecule has 4 N–H and O–H groups in total. The number of nitrogens with two attached hydrogens (primary N) is 1. The number of phosphoric acid groups is 1. The molecule has 0 aliphatic rings. The van der Waals surface area contributed by atoms with Gasteiger partial charge in [-0.1, -0.05) is 115 Å². The third-order valence-electron chi connectivity index (χ3n) is 8.11. The van der Waals surface area contributed by atoms with Crippen molar-refractivity contribution in [3.8, 4) is 0 Å². The average Bonchev–Trinajstić information content (AvgIpc) is 3.10. The van der Waals surface area contributed by atoms with Gasteiger partial charge in [0.25, 0.3) is 0 Å². The largest absolute Gasteiger partial charge is 0.480 e. The van der Waals surface area contributed by atoms with Crippen LogP contribution in [0.15, 0.2) is 36.5 Å². The molecule has 0 fully saturated rings. The summed E-state index contributed by atoms with van der Waals surface area (Å²) in [6, 6.07) is -1.52. The number of ether oxygens (including phenoxy) is 2. The minimum absolute atomic E-state index is 0.143. The number of hydrogen-bond acceptors (Lipinski definition) is 9. The fraction of sp³-hybridized carbons (Fsp3) is 0.769. The van der Waals surface area contributed by atoms with E-state index in [-0.39, 0.29) is 19.4 Å². The maximum Gasteiger partial charge on any atom is 0.472 e. The molecule has 12 heteroatoms. The van der Waals surface area contributed by atoms with Gasteiger partial charge in [0.2, 0.25) is 0 Å². The maximum atomic E-state index is 12.6. The standard InChI is InChI=1S/C39H70NO10P/c1-3-5-7-9-11-13-15-17-18-19-21-23-25-27-29-31-38(42)50-35(33-48-51(45,46)49-34-36(40)39(43)44)32-47-37(41)30-28-26-24-22-20-16-14-12-10-8-6-4-2/h11-14,17-18,35-36H,3-10,15-16,19-34,40H2,1-2H3,(H,43,44)(H,45,46)/b13-11+,14-12+,18-17+/t35-,36+/m1/s1. The Morgan fingerprint density at radius 1 is 0.608 bits per heavy atom. The minimum atomic E-state index is -4.71. The Morgan fingerprint density at radius 3 is 1.55 bits per heavy atom. The second-order valence-corrected chi connectivity index (χ2v) is 14.5. The van der Waals surface area contributed by atoms with Crippen molar-refractivity contribution in [2.24, 2.45) is 5.73 Å². The number of carboxylic acids is 1. The van der Waals surface area contributed by atoms with Gasteiger partial charge in [0.15, 0.2) is 6.10 Å². The van der Waals surface area contributed by atoms with Crippen LogP contribution in [0.5, 0.6) is 0 Å². The van der Waals surface area contributed by atoms with E-state index in [9.17, 15) is 23.8 Å². The van der Waals surface area contributed by atoms with Crippen LogP contribution in [-0.2, 0) is 37.5 Å². The summed E-state index contributed by atoms with van der Waals surface area (Å²) in [6.07, 6.45) is 35.0. The van der Waals surface area contributed by atoms with E-state index in [1.165, 1.54) is 38.5 Å². The molecular formula is C39H70NO10P. The van der Waals surface area contributed by atoms with Gasteiger partial charge in [-0.25, -0.2) is 4.57 Å². The Bertz CT molecular complexity index is 1020. The number of rotatable bonds is 36. The van der Waals surface area contributed by atoms with Gasteiger partial charge in [0.1, 0.15) is 12.6 Å². The summed E-state index contributed by atoms with van der Waals surface area (Å²) in [7, 11) is -4.71. The summed E-state index contributed by atoms with van der Waals surface area (Å²) in [5, 5.41) is 8.86. The molecular weight excluding hydrogens is 673 g/mol. The predicted octanol–water partition coefficient (Wildman–Crippen LogP) is 9.67. The molecule has 0 rings (SSSR count). The van der Waals surface area contributed by atoms with Gasteiger partial charge in [-0.15, -0.1) is 0 Å². The quantitative estimate of drug-likeness (QED) is 0.0241.